The van der Waals surface area contributed by atoms with Crippen molar-refractivity contribution in [3.05, 3.63) is 99.6 Å². The van der Waals surface area contributed by atoms with Crippen LogP contribution in [0.2, 0.25) is 0 Å². The van der Waals surface area contributed by atoms with Gasteiger partial charge in [0.2, 0.25) is 0 Å². The molecule has 2 atom stereocenters. The molecule has 4 aromatic rings. The molecule has 0 spiro atoms. The zero-order chi connectivity index (χ0) is 30.3. The number of rotatable bonds is 8. The van der Waals surface area contributed by atoms with Crippen LogP contribution in [0, 0.1) is 24.4 Å². The molecule has 41 heavy (non-hydrogen) atoms. The van der Waals surface area contributed by atoms with Crippen molar-refractivity contribution in [2.45, 2.75) is 24.7 Å². The standard InChI is InChI=1S/C29H27F6N3O3/c1-16-20(9-11-24(41-4)26(16)32)27(28(40,15-37(2)3)29(33,34)35)36-22-13-18(31)14-23-21(22)10-12-25(39)38(23)19-7-5-17(30)6-8-19/h5-14,27,36,40H,15H2,1-4H3. The number of nitrogens with zero attached hydrogens (tertiary/aromatic N) is 2. The van der Waals surface area contributed by atoms with Crippen LogP contribution in [-0.4, -0.2) is 54.1 Å². The molecule has 0 aliphatic rings. The Balaban J connectivity index is 2.01. The van der Waals surface area contributed by atoms with Crippen LogP contribution < -0.4 is 15.6 Å². The van der Waals surface area contributed by atoms with Crippen molar-refractivity contribution in [3.63, 3.8) is 0 Å². The van der Waals surface area contributed by atoms with Crippen LogP contribution in [0.15, 0.2) is 65.5 Å². The smallest absolute Gasteiger partial charge is 0.420 e. The number of fused-ring (bicyclic) bond motifs is 1. The summed E-state index contributed by atoms with van der Waals surface area (Å²) in [6, 6.07) is 9.38. The third-order valence-corrected chi connectivity index (χ3v) is 6.81. The summed E-state index contributed by atoms with van der Waals surface area (Å²) in [5.74, 6) is -2.64. The Hall–Kier alpha value is -4.03. The first-order valence-corrected chi connectivity index (χ1v) is 12.3. The molecule has 0 saturated carbocycles. The quantitative estimate of drug-likeness (QED) is 0.261. The van der Waals surface area contributed by atoms with Gasteiger partial charge in [0.05, 0.1) is 18.7 Å². The van der Waals surface area contributed by atoms with Crippen molar-refractivity contribution in [1.29, 1.82) is 0 Å². The summed E-state index contributed by atoms with van der Waals surface area (Å²) < 4.78 is 93.7. The molecule has 0 fully saturated rings. The highest BCUT2D eigenvalue weighted by Gasteiger charge is 2.59. The third kappa shape index (κ3) is 5.62. The number of hydrogen-bond acceptors (Lipinski definition) is 5. The number of aliphatic hydroxyl groups is 1. The van der Waals surface area contributed by atoms with E-state index in [1.54, 1.807) is 0 Å². The number of hydrogen-bond donors (Lipinski definition) is 2. The fourth-order valence-electron chi connectivity index (χ4n) is 4.87. The van der Waals surface area contributed by atoms with Gasteiger partial charge in [-0.05, 0) is 80.7 Å². The Labute approximate surface area is 231 Å². The normalized spacial score (nSPS) is 14.2. The highest BCUT2D eigenvalue weighted by atomic mass is 19.4. The molecule has 0 saturated heterocycles. The van der Waals surface area contributed by atoms with E-state index in [0.717, 1.165) is 45.9 Å². The van der Waals surface area contributed by atoms with Gasteiger partial charge in [0.25, 0.3) is 5.56 Å². The lowest BCUT2D eigenvalue weighted by Gasteiger charge is -2.41. The summed E-state index contributed by atoms with van der Waals surface area (Å²) >= 11 is 0. The summed E-state index contributed by atoms with van der Waals surface area (Å²) in [5, 5.41) is 14.0. The summed E-state index contributed by atoms with van der Waals surface area (Å²) in [5.41, 5.74) is -4.66. The molecule has 0 bridgehead atoms. The predicted octanol–water partition coefficient (Wildman–Crippen LogP) is 5.73. The van der Waals surface area contributed by atoms with Gasteiger partial charge in [-0.25, -0.2) is 13.2 Å². The molecule has 0 aliphatic heterocycles. The van der Waals surface area contributed by atoms with Gasteiger partial charge < -0.3 is 20.1 Å². The fourth-order valence-corrected chi connectivity index (χ4v) is 4.87. The van der Waals surface area contributed by atoms with E-state index in [-0.39, 0.29) is 39.2 Å². The number of halogens is 6. The van der Waals surface area contributed by atoms with E-state index in [9.17, 15) is 27.5 Å². The van der Waals surface area contributed by atoms with Gasteiger partial charge in [-0.3, -0.25) is 9.36 Å². The van der Waals surface area contributed by atoms with E-state index in [2.05, 4.69) is 5.32 Å². The summed E-state index contributed by atoms with van der Waals surface area (Å²) in [7, 11) is 3.85. The Kier molecular flexibility index (Phi) is 8.10. The monoisotopic (exact) mass is 579 g/mol. The number of ether oxygens (including phenoxy) is 1. The average Bonchev–Trinajstić information content (AvgIpc) is 2.88. The molecule has 6 nitrogen and oxygen atoms in total. The maximum Gasteiger partial charge on any atom is 0.420 e. The largest absolute Gasteiger partial charge is 0.494 e. The Morgan fingerprint density at radius 2 is 1.63 bits per heavy atom. The van der Waals surface area contributed by atoms with Crippen LogP contribution in [0.3, 0.4) is 0 Å². The molecule has 2 N–H and O–H groups in total. The second-order valence-corrected chi connectivity index (χ2v) is 9.90. The summed E-state index contributed by atoms with van der Waals surface area (Å²) in [4.78, 5) is 13.9. The molecule has 1 heterocycles. The fraction of sp³-hybridized carbons (Fsp3) is 0.276. The first-order valence-electron chi connectivity index (χ1n) is 12.3. The van der Waals surface area contributed by atoms with E-state index < -0.39 is 47.4 Å². The van der Waals surface area contributed by atoms with Crippen molar-refractivity contribution < 1.29 is 36.2 Å². The number of pyridine rings is 1. The lowest BCUT2D eigenvalue weighted by Crippen LogP contribution is -2.58. The van der Waals surface area contributed by atoms with Gasteiger partial charge in [0.1, 0.15) is 11.6 Å². The van der Waals surface area contributed by atoms with Crippen LogP contribution in [0.25, 0.3) is 16.6 Å². The van der Waals surface area contributed by atoms with Crippen molar-refractivity contribution in [2.24, 2.45) is 0 Å². The number of anilines is 1. The highest BCUT2D eigenvalue weighted by molar-refractivity contribution is 5.93. The van der Waals surface area contributed by atoms with Crippen LogP contribution in [-0.2, 0) is 0 Å². The van der Waals surface area contributed by atoms with Gasteiger partial charge in [-0.15, -0.1) is 0 Å². The Morgan fingerprint density at radius 3 is 2.22 bits per heavy atom. The van der Waals surface area contributed by atoms with Crippen LogP contribution in [0.4, 0.5) is 32.0 Å². The van der Waals surface area contributed by atoms with E-state index in [1.165, 1.54) is 52.4 Å². The third-order valence-electron chi connectivity index (χ3n) is 6.81. The number of benzene rings is 3. The molecule has 1 aromatic heterocycles. The van der Waals surface area contributed by atoms with Crippen molar-refractivity contribution in [2.75, 3.05) is 33.1 Å². The van der Waals surface area contributed by atoms with Gasteiger partial charge >= 0.3 is 6.18 Å². The van der Waals surface area contributed by atoms with E-state index >= 15 is 8.78 Å². The second-order valence-electron chi connectivity index (χ2n) is 9.90. The highest BCUT2D eigenvalue weighted by Crippen LogP contribution is 2.45. The van der Waals surface area contributed by atoms with Crippen LogP contribution >= 0.6 is 0 Å². The maximum absolute atomic E-state index is 15.1. The minimum absolute atomic E-state index is 0.0360. The van der Waals surface area contributed by atoms with Crippen LogP contribution in [0.5, 0.6) is 5.75 Å². The number of methoxy groups -OCH3 is 1. The van der Waals surface area contributed by atoms with Gasteiger partial charge in [0, 0.05) is 29.4 Å². The van der Waals surface area contributed by atoms with Gasteiger partial charge in [-0.1, -0.05) is 6.07 Å². The SMILES string of the molecule is COc1ccc(C(Nc2cc(F)cc3c2ccc(=O)n3-c2ccc(F)cc2)C(O)(CN(C)C)C(F)(F)F)c(C)c1F. The van der Waals surface area contributed by atoms with Crippen molar-refractivity contribution in [1.82, 2.24) is 9.47 Å². The first-order chi connectivity index (χ1) is 19.2. The zero-order valence-electron chi connectivity index (χ0n) is 22.5. The average molecular weight is 580 g/mol. The number of aromatic nitrogens is 1. The Morgan fingerprint density at radius 1 is 0.976 bits per heavy atom. The Bertz CT molecular complexity index is 1640. The van der Waals surface area contributed by atoms with Crippen molar-refractivity contribution >= 4 is 16.6 Å². The zero-order valence-corrected chi connectivity index (χ0v) is 22.5. The molecule has 0 radical (unpaired) electrons. The molecule has 0 aliphatic carbocycles. The molecular weight excluding hydrogens is 552 g/mol. The molecular formula is C29H27F6N3O3. The number of nitrogens with one attached hydrogen (secondary N) is 1. The molecule has 4 rings (SSSR count). The predicted molar refractivity (Wildman–Crippen MR) is 143 cm³/mol. The number of alkyl halides is 3. The lowest BCUT2D eigenvalue weighted by molar-refractivity contribution is -0.270. The van der Waals surface area contributed by atoms with Crippen molar-refractivity contribution in [3.8, 4) is 11.4 Å². The molecule has 0 amide bonds. The van der Waals surface area contributed by atoms with E-state index in [4.69, 9.17) is 4.74 Å². The molecule has 3 aromatic carbocycles. The molecule has 12 heteroatoms. The maximum atomic E-state index is 15.1. The first kappa shape index (κ1) is 29.9. The second kappa shape index (κ2) is 11.1. The molecule has 218 valence electrons. The lowest BCUT2D eigenvalue weighted by atomic mass is 9.84. The van der Waals surface area contributed by atoms with Gasteiger partial charge in [-0.2, -0.15) is 13.2 Å². The summed E-state index contributed by atoms with van der Waals surface area (Å²) in [6.45, 7) is 0.305. The topological polar surface area (TPSA) is 66.7 Å². The molecule has 2 unspecified atom stereocenters. The minimum atomic E-state index is -5.24. The number of likely N-dealkylation sites (N-methyl/N-ethyl adjacent to an activating group) is 1. The van der Waals surface area contributed by atoms with E-state index in [1.807, 2.05) is 0 Å². The van der Waals surface area contributed by atoms with Crippen LogP contribution in [0.1, 0.15) is 17.2 Å². The van der Waals surface area contributed by atoms with E-state index in [0.29, 0.717) is 0 Å². The van der Waals surface area contributed by atoms with Gasteiger partial charge in [0.15, 0.2) is 17.2 Å². The minimum Gasteiger partial charge on any atom is -0.494 e. The summed E-state index contributed by atoms with van der Waals surface area (Å²) in [6.07, 6.45) is -5.24.